The minimum absolute atomic E-state index is 0.739. The third-order valence-electron chi connectivity index (χ3n) is 4.56. The van der Waals surface area contributed by atoms with E-state index in [1.54, 1.807) is 7.11 Å². The molecule has 0 aliphatic carbocycles. The Morgan fingerprint density at radius 3 is 2.42 bits per heavy atom. The molecule has 19 heavy (non-hydrogen) atoms. The minimum atomic E-state index is 0.739. The molecule has 0 aromatic rings. The topological polar surface area (TPSA) is 24.5 Å². The molecule has 3 nitrogen and oxygen atoms in total. The quantitative estimate of drug-likeness (QED) is 0.660. The molecule has 1 N–H and O–H groups in total. The standard InChI is InChI=1S/C16H34N2O/c1-4-16(5-2)18(13-14-19-3)12-6-7-15-8-10-17-11-9-15/h15-17H,4-14H2,1-3H3. The van der Waals surface area contributed by atoms with Crippen LogP contribution in [0.25, 0.3) is 0 Å². The Labute approximate surface area is 120 Å². The molecule has 0 aromatic carbocycles. The number of rotatable bonds is 10. The van der Waals surface area contributed by atoms with Crippen LogP contribution in [0.15, 0.2) is 0 Å². The van der Waals surface area contributed by atoms with Gasteiger partial charge in [0.2, 0.25) is 0 Å². The summed E-state index contributed by atoms with van der Waals surface area (Å²) in [6, 6.07) is 0.739. The Bertz CT molecular complexity index is 201. The van der Waals surface area contributed by atoms with Gasteiger partial charge in [-0.3, -0.25) is 4.90 Å². The molecule has 1 aliphatic rings. The van der Waals surface area contributed by atoms with Crippen molar-refractivity contribution < 1.29 is 4.74 Å². The summed E-state index contributed by atoms with van der Waals surface area (Å²) in [5.41, 5.74) is 0. The van der Waals surface area contributed by atoms with Gasteiger partial charge in [-0.15, -0.1) is 0 Å². The fourth-order valence-electron chi connectivity index (χ4n) is 3.24. The van der Waals surface area contributed by atoms with Crippen molar-refractivity contribution in [3.05, 3.63) is 0 Å². The molecule has 0 atom stereocenters. The summed E-state index contributed by atoms with van der Waals surface area (Å²) in [5, 5.41) is 3.45. The molecule has 1 rings (SSSR count). The highest BCUT2D eigenvalue weighted by molar-refractivity contribution is 4.72. The highest BCUT2D eigenvalue weighted by Gasteiger charge is 2.16. The van der Waals surface area contributed by atoms with Crippen LogP contribution in [-0.4, -0.2) is 50.8 Å². The fourth-order valence-corrected chi connectivity index (χ4v) is 3.24. The van der Waals surface area contributed by atoms with Crippen molar-refractivity contribution in [2.45, 2.75) is 58.4 Å². The number of nitrogens with zero attached hydrogens (tertiary/aromatic N) is 1. The average Bonchev–Trinajstić information content (AvgIpc) is 2.46. The van der Waals surface area contributed by atoms with E-state index in [1.807, 2.05) is 0 Å². The van der Waals surface area contributed by atoms with Crippen LogP contribution in [0, 0.1) is 5.92 Å². The van der Waals surface area contributed by atoms with E-state index in [1.165, 1.54) is 58.2 Å². The second kappa shape index (κ2) is 10.6. The number of ether oxygens (including phenoxy) is 1. The summed E-state index contributed by atoms with van der Waals surface area (Å²) >= 11 is 0. The molecule has 3 heteroatoms. The first-order valence-electron chi connectivity index (χ1n) is 8.25. The summed E-state index contributed by atoms with van der Waals surface area (Å²) in [6.07, 6.45) is 8.03. The Hall–Kier alpha value is -0.120. The molecule has 0 amide bonds. The minimum Gasteiger partial charge on any atom is -0.383 e. The number of nitrogens with one attached hydrogen (secondary N) is 1. The molecule has 0 spiro atoms. The molecule has 0 unspecified atom stereocenters. The van der Waals surface area contributed by atoms with Crippen molar-refractivity contribution in [3.63, 3.8) is 0 Å². The maximum absolute atomic E-state index is 5.26. The van der Waals surface area contributed by atoms with Crippen molar-refractivity contribution in [1.29, 1.82) is 0 Å². The van der Waals surface area contributed by atoms with Gasteiger partial charge in [0.1, 0.15) is 0 Å². The van der Waals surface area contributed by atoms with E-state index in [2.05, 4.69) is 24.1 Å². The Morgan fingerprint density at radius 1 is 1.16 bits per heavy atom. The van der Waals surface area contributed by atoms with E-state index >= 15 is 0 Å². The summed E-state index contributed by atoms with van der Waals surface area (Å²) < 4.78 is 5.26. The SMILES string of the molecule is CCC(CC)N(CCCC1CCNCC1)CCOC. The highest BCUT2D eigenvalue weighted by atomic mass is 16.5. The average molecular weight is 270 g/mol. The molecule has 1 fully saturated rings. The van der Waals surface area contributed by atoms with Crippen LogP contribution in [0.1, 0.15) is 52.4 Å². The Kier molecular flexibility index (Phi) is 9.48. The van der Waals surface area contributed by atoms with Gasteiger partial charge < -0.3 is 10.1 Å². The number of piperidine rings is 1. The first kappa shape index (κ1) is 16.9. The lowest BCUT2D eigenvalue weighted by molar-refractivity contribution is 0.112. The van der Waals surface area contributed by atoms with Crippen LogP contribution in [0.2, 0.25) is 0 Å². The molecule has 0 bridgehead atoms. The lowest BCUT2D eigenvalue weighted by Crippen LogP contribution is -2.38. The first-order valence-corrected chi connectivity index (χ1v) is 8.25. The zero-order chi connectivity index (χ0) is 13.9. The number of hydrogen-bond acceptors (Lipinski definition) is 3. The predicted molar refractivity (Wildman–Crippen MR) is 82.6 cm³/mol. The maximum Gasteiger partial charge on any atom is 0.0589 e. The van der Waals surface area contributed by atoms with Crippen molar-refractivity contribution in [1.82, 2.24) is 10.2 Å². The van der Waals surface area contributed by atoms with E-state index in [9.17, 15) is 0 Å². The van der Waals surface area contributed by atoms with Gasteiger partial charge in [0, 0.05) is 19.7 Å². The van der Waals surface area contributed by atoms with Crippen molar-refractivity contribution in [2.24, 2.45) is 5.92 Å². The van der Waals surface area contributed by atoms with Gasteiger partial charge in [-0.2, -0.15) is 0 Å². The van der Waals surface area contributed by atoms with Gasteiger partial charge in [-0.1, -0.05) is 13.8 Å². The fraction of sp³-hybridized carbons (Fsp3) is 1.00. The van der Waals surface area contributed by atoms with Crippen LogP contribution in [0.3, 0.4) is 0 Å². The van der Waals surface area contributed by atoms with Gasteiger partial charge in [0.05, 0.1) is 6.61 Å². The molecule has 0 aromatic heterocycles. The zero-order valence-electron chi connectivity index (χ0n) is 13.3. The number of methoxy groups -OCH3 is 1. The first-order chi connectivity index (χ1) is 9.31. The maximum atomic E-state index is 5.26. The van der Waals surface area contributed by atoms with Gasteiger partial charge in [0.15, 0.2) is 0 Å². The molecule has 114 valence electrons. The molecule has 1 saturated heterocycles. The molecular weight excluding hydrogens is 236 g/mol. The molecule has 1 aliphatic heterocycles. The summed E-state index contributed by atoms with van der Waals surface area (Å²) in [7, 11) is 1.81. The van der Waals surface area contributed by atoms with Gasteiger partial charge in [-0.25, -0.2) is 0 Å². The summed E-state index contributed by atoms with van der Waals surface area (Å²) in [4.78, 5) is 2.64. The van der Waals surface area contributed by atoms with Crippen LogP contribution >= 0.6 is 0 Å². The van der Waals surface area contributed by atoms with Crippen LogP contribution in [-0.2, 0) is 4.74 Å². The molecule has 1 heterocycles. The van der Waals surface area contributed by atoms with E-state index in [-0.39, 0.29) is 0 Å². The van der Waals surface area contributed by atoms with Gasteiger partial charge >= 0.3 is 0 Å². The van der Waals surface area contributed by atoms with E-state index < -0.39 is 0 Å². The van der Waals surface area contributed by atoms with E-state index in [0.717, 1.165) is 25.1 Å². The van der Waals surface area contributed by atoms with Crippen LogP contribution in [0.5, 0.6) is 0 Å². The van der Waals surface area contributed by atoms with Crippen LogP contribution < -0.4 is 5.32 Å². The van der Waals surface area contributed by atoms with Gasteiger partial charge in [-0.05, 0) is 64.1 Å². The van der Waals surface area contributed by atoms with Crippen molar-refractivity contribution >= 4 is 0 Å². The lowest BCUT2D eigenvalue weighted by atomic mass is 9.93. The zero-order valence-corrected chi connectivity index (χ0v) is 13.3. The van der Waals surface area contributed by atoms with Crippen molar-refractivity contribution in [2.75, 3.05) is 39.9 Å². The second-order valence-electron chi connectivity index (χ2n) is 5.83. The molecule has 0 saturated carbocycles. The number of hydrogen-bond donors (Lipinski definition) is 1. The third-order valence-corrected chi connectivity index (χ3v) is 4.56. The largest absolute Gasteiger partial charge is 0.383 e. The predicted octanol–water partition coefficient (Wildman–Crippen LogP) is 2.90. The Balaban J connectivity index is 2.25. The molecular formula is C16H34N2O. The van der Waals surface area contributed by atoms with Gasteiger partial charge in [0.25, 0.3) is 0 Å². The highest BCUT2D eigenvalue weighted by Crippen LogP contribution is 2.19. The Morgan fingerprint density at radius 2 is 1.84 bits per heavy atom. The van der Waals surface area contributed by atoms with Crippen LogP contribution in [0.4, 0.5) is 0 Å². The van der Waals surface area contributed by atoms with Crippen molar-refractivity contribution in [3.8, 4) is 0 Å². The summed E-state index contributed by atoms with van der Waals surface area (Å²) in [6.45, 7) is 10.3. The third kappa shape index (κ3) is 6.73. The monoisotopic (exact) mass is 270 g/mol. The molecule has 0 radical (unpaired) electrons. The normalized spacial score (nSPS) is 17.5. The second-order valence-corrected chi connectivity index (χ2v) is 5.83. The summed E-state index contributed by atoms with van der Waals surface area (Å²) in [5.74, 6) is 0.965. The van der Waals surface area contributed by atoms with E-state index in [0.29, 0.717) is 0 Å². The smallest absolute Gasteiger partial charge is 0.0589 e. The van der Waals surface area contributed by atoms with E-state index in [4.69, 9.17) is 4.74 Å². The lowest BCUT2D eigenvalue weighted by Gasteiger charge is -2.31.